The number of fused-ring (bicyclic) bond motifs is 2. The van der Waals surface area contributed by atoms with Gasteiger partial charge in [0.1, 0.15) is 0 Å². The molecule has 0 spiro atoms. The van der Waals surface area contributed by atoms with Crippen molar-refractivity contribution >= 4 is 0 Å². The Labute approximate surface area is 97.5 Å². The average molecular weight is 216 g/mol. The van der Waals surface area contributed by atoms with Gasteiger partial charge < -0.3 is 5.11 Å². The van der Waals surface area contributed by atoms with Gasteiger partial charge in [-0.15, -0.1) is 0 Å². The van der Waals surface area contributed by atoms with Crippen molar-refractivity contribution < 1.29 is 5.11 Å². The smallest absolute Gasteiger partial charge is 0.0820 e. The quantitative estimate of drug-likeness (QED) is 0.802. The molecule has 3 unspecified atom stereocenters. The van der Waals surface area contributed by atoms with Gasteiger partial charge in [0.15, 0.2) is 0 Å². The van der Waals surface area contributed by atoms with Crippen molar-refractivity contribution in [2.45, 2.75) is 38.7 Å². The third-order valence-corrected chi connectivity index (χ3v) is 4.62. The van der Waals surface area contributed by atoms with Crippen LogP contribution in [0.5, 0.6) is 0 Å². The maximum atomic E-state index is 10.4. The lowest BCUT2D eigenvalue weighted by atomic mass is 9.82. The van der Waals surface area contributed by atoms with Crippen LogP contribution in [0.4, 0.5) is 0 Å². The third-order valence-electron chi connectivity index (χ3n) is 4.62. The summed E-state index contributed by atoms with van der Waals surface area (Å²) in [5.74, 6) is 2.23. The van der Waals surface area contributed by atoms with Gasteiger partial charge in [-0.2, -0.15) is 0 Å². The minimum atomic E-state index is -0.226. The maximum absolute atomic E-state index is 10.4. The molecule has 2 aliphatic carbocycles. The van der Waals surface area contributed by atoms with Crippen LogP contribution in [-0.4, -0.2) is 5.11 Å². The molecule has 2 aliphatic rings. The number of aliphatic hydroxyl groups excluding tert-OH is 1. The summed E-state index contributed by atoms with van der Waals surface area (Å²) in [6.07, 6.45) is 5.14. The van der Waals surface area contributed by atoms with Crippen molar-refractivity contribution in [1.29, 1.82) is 0 Å². The van der Waals surface area contributed by atoms with Gasteiger partial charge in [0.2, 0.25) is 0 Å². The van der Waals surface area contributed by atoms with Crippen molar-refractivity contribution in [3.05, 3.63) is 35.4 Å². The highest BCUT2D eigenvalue weighted by Gasteiger charge is 2.42. The highest BCUT2D eigenvalue weighted by molar-refractivity contribution is 5.24. The van der Waals surface area contributed by atoms with Crippen LogP contribution in [0.1, 0.15) is 42.9 Å². The summed E-state index contributed by atoms with van der Waals surface area (Å²) in [7, 11) is 0. The lowest BCUT2D eigenvalue weighted by molar-refractivity contribution is 0.0745. The SMILES string of the molecule is Cc1ccc([C@@H](O)C2CC3CCC2C3)cc1. The molecule has 1 N–H and O–H groups in total. The molecule has 2 saturated carbocycles. The van der Waals surface area contributed by atoms with Crippen molar-refractivity contribution in [1.82, 2.24) is 0 Å². The molecule has 16 heavy (non-hydrogen) atoms. The van der Waals surface area contributed by atoms with Gasteiger partial charge in [-0.05, 0) is 49.5 Å². The van der Waals surface area contributed by atoms with Gasteiger partial charge in [0.05, 0.1) is 6.10 Å². The van der Waals surface area contributed by atoms with Crippen LogP contribution < -0.4 is 0 Å². The summed E-state index contributed by atoms with van der Waals surface area (Å²) in [5, 5.41) is 10.4. The number of hydrogen-bond acceptors (Lipinski definition) is 1. The van der Waals surface area contributed by atoms with E-state index in [1.54, 1.807) is 0 Å². The molecule has 2 fully saturated rings. The molecule has 4 atom stereocenters. The fourth-order valence-corrected chi connectivity index (χ4v) is 3.69. The second kappa shape index (κ2) is 3.89. The topological polar surface area (TPSA) is 20.2 Å². The van der Waals surface area contributed by atoms with Crippen molar-refractivity contribution in [2.24, 2.45) is 17.8 Å². The molecule has 0 amide bonds. The molecule has 0 heterocycles. The standard InChI is InChI=1S/C15H20O/c1-10-2-5-12(6-3-10)15(16)14-9-11-4-7-13(14)8-11/h2-3,5-6,11,13-16H,4,7-9H2,1H3/t11?,13?,14?,15-/m1/s1. The predicted molar refractivity (Wildman–Crippen MR) is 65.1 cm³/mol. The van der Waals surface area contributed by atoms with Crippen LogP contribution in [0.3, 0.4) is 0 Å². The zero-order valence-corrected chi connectivity index (χ0v) is 9.89. The van der Waals surface area contributed by atoms with Crippen LogP contribution in [0.2, 0.25) is 0 Å². The summed E-state index contributed by atoms with van der Waals surface area (Å²) < 4.78 is 0. The lowest BCUT2D eigenvalue weighted by Crippen LogP contribution is -2.19. The van der Waals surface area contributed by atoms with E-state index in [1.165, 1.54) is 31.2 Å². The van der Waals surface area contributed by atoms with Crippen LogP contribution in [0.25, 0.3) is 0 Å². The normalized spacial score (nSPS) is 34.2. The molecular weight excluding hydrogens is 196 g/mol. The Morgan fingerprint density at radius 3 is 2.44 bits per heavy atom. The third kappa shape index (κ3) is 1.67. The van der Waals surface area contributed by atoms with Gasteiger partial charge in [0.25, 0.3) is 0 Å². The number of aliphatic hydroxyl groups is 1. The maximum Gasteiger partial charge on any atom is 0.0820 e. The minimum Gasteiger partial charge on any atom is -0.388 e. The summed E-state index contributed by atoms with van der Waals surface area (Å²) in [5.41, 5.74) is 2.38. The summed E-state index contributed by atoms with van der Waals surface area (Å²) in [6.45, 7) is 2.09. The second-order valence-electron chi connectivity index (χ2n) is 5.69. The molecule has 0 radical (unpaired) electrons. The lowest BCUT2D eigenvalue weighted by Gasteiger charge is -2.27. The largest absolute Gasteiger partial charge is 0.388 e. The first-order chi connectivity index (χ1) is 7.74. The van der Waals surface area contributed by atoms with E-state index in [1.807, 2.05) is 0 Å². The minimum absolute atomic E-state index is 0.226. The molecular formula is C15H20O. The van der Waals surface area contributed by atoms with Gasteiger partial charge in [-0.3, -0.25) is 0 Å². The van der Waals surface area contributed by atoms with Crippen molar-refractivity contribution in [2.75, 3.05) is 0 Å². The second-order valence-corrected chi connectivity index (χ2v) is 5.69. The van der Waals surface area contributed by atoms with Gasteiger partial charge in [-0.1, -0.05) is 36.2 Å². The van der Waals surface area contributed by atoms with E-state index >= 15 is 0 Å². The Hall–Kier alpha value is -0.820. The first-order valence-electron chi connectivity index (χ1n) is 6.48. The highest BCUT2D eigenvalue weighted by Crippen LogP contribution is 2.52. The van der Waals surface area contributed by atoms with Crippen molar-refractivity contribution in [3.8, 4) is 0 Å². The summed E-state index contributed by atoms with van der Waals surface area (Å²) in [4.78, 5) is 0. The molecule has 1 aromatic carbocycles. The van der Waals surface area contributed by atoms with Crippen molar-refractivity contribution in [3.63, 3.8) is 0 Å². The van der Waals surface area contributed by atoms with Crippen LogP contribution >= 0.6 is 0 Å². The molecule has 1 heteroatoms. The molecule has 1 aromatic rings. The number of benzene rings is 1. The predicted octanol–water partition coefficient (Wildman–Crippen LogP) is 3.46. The monoisotopic (exact) mass is 216 g/mol. The Morgan fingerprint density at radius 1 is 1.12 bits per heavy atom. The van der Waals surface area contributed by atoms with Crippen LogP contribution in [0.15, 0.2) is 24.3 Å². The van der Waals surface area contributed by atoms with Gasteiger partial charge >= 0.3 is 0 Å². The Kier molecular flexibility index (Phi) is 2.51. The summed E-state index contributed by atoms with van der Waals surface area (Å²) >= 11 is 0. The van der Waals surface area contributed by atoms with E-state index in [0.717, 1.165) is 17.4 Å². The van der Waals surface area contributed by atoms with Gasteiger partial charge in [-0.25, -0.2) is 0 Å². The van der Waals surface area contributed by atoms with Gasteiger partial charge in [0, 0.05) is 0 Å². The Balaban J connectivity index is 1.77. The van der Waals surface area contributed by atoms with E-state index < -0.39 is 0 Å². The number of hydrogen-bond donors (Lipinski definition) is 1. The zero-order valence-electron chi connectivity index (χ0n) is 9.89. The molecule has 0 saturated heterocycles. The molecule has 3 rings (SSSR count). The van der Waals surface area contributed by atoms with Crippen LogP contribution in [-0.2, 0) is 0 Å². The summed E-state index contributed by atoms with van der Waals surface area (Å²) in [6, 6.07) is 8.38. The molecule has 0 aromatic heterocycles. The Morgan fingerprint density at radius 2 is 1.88 bits per heavy atom. The molecule has 86 valence electrons. The molecule has 2 bridgehead atoms. The van der Waals surface area contributed by atoms with E-state index in [0.29, 0.717) is 5.92 Å². The first kappa shape index (κ1) is 10.3. The van der Waals surface area contributed by atoms with E-state index in [9.17, 15) is 5.11 Å². The van der Waals surface area contributed by atoms with E-state index in [-0.39, 0.29) is 6.10 Å². The zero-order chi connectivity index (χ0) is 11.1. The van der Waals surface area contributed by atoms with Crippen LogP contribution in [0, 0.1) is 24.7 Å². The highest BCUT2D eigenvalue weighted by atomic mass is 16.3. The Bertz CT molecular complexity index is 368. The fourth-order valence-electron chi connectivity index (χ4n) is 3.69. The number of aryl methyl sites for hydroxylation is 1. The molecule has 0 aliphatic heterocycles. The number of rotatable bonds is 2. The average Bonchev–Trinajstić information content (AvgIpc) is 2.91. The fraction of sp³-hybridized carbons (Fsp3) is 0.600. The van der Waals surface area contributed by atoms with E-state index in [2.05, 4.69) is 31.2 Å². The first-order valence-corrected chi connectivity index (χ1v) is 6.48. The van der Waals surface area contributed by atoms with E-state index in [4.69, 9.17) is 0 Å². The molecule has 1 nitrogen and oxygen atoms in total.